The van der Waals surface area contributed by atoms with Gasteiger partial charge in [0.1, 0.15) is 18.1 Å². The number of urea groups is 1. The van der Waals surface area contributed by atoms with Crippen molar-refractivity contribution in [2.24, 2.45) is 13.0 Å². The summed E-state index contributed by atoms with van der Waals surface area (Å²) in [6.07, 6.45) is 10.7. The standard InChI is InChI=1S/C39H56N8O7/c1-28(2)24-32(44-39(51)46-21-13-5-6-14-22-46)37(49)42-33(25-29-27-45(3)35-18-9-8-17-31(29)35)38(50)43-34(26-30-16-10-12-19-40-30)36(48)41-20-11-4-7-15-23-54-47(52)53/h8-10,12,16-19,27-28,32-34H,4-7,11,13-15,20-26H2,1-3H3,(H,41,48)(H,42,49)(H,43,50)(H,44,51). The van der Waals surface area contributed by atoms with E-state index in [1.54, 1.807) is 29.3 Å². The lowest BCUT2D eigenvalue weighted by molar-refractivity contribution is -0.757. The molecule has 1 aromatic carbocycles. The minimum absolute atomic E-state index is 0.0249. The average molecular weight is 749 g/mol. The van der Waals surface area contributed by atoms with E-state index in [1.165, 1.54) is 0 Å². The molecule has 3 aromatic rings. The minimum atomic E-state index is -1.08. The summed E-state index contributed by atoms with van der Waals surface area (Å²) in [7, 11) is 1.92. The Morgan fingerprint density at radius 1 is 0.833 bits per heavy atom. The number of aromatic nitrogens is 2. The molecule has 0 aliphatic carbocycles. The second-order valence-electron chi connectivity index (χ2n) is 14.4. The van der Waals surface area contributed by atoms with Crippen LogP contribution in [0.3, 0.4) is 0 Å². The van der Waals surface area contributed by atoms with Gasteiger partial charge in [-0.15, -0.1) is 10.1 Å². The Balaban J connectivity index is 1.53. The smallest absolute Gasteiger partial charge is 0.318 e. The van der Waals surface area contributed by atoms with Crippen molar-refractivity contribution in [3.63, 3.8) is 0 Å². The van der Waals surface area contributed by atoms with Crippen molar-refractivity contribution in [1.82, 2.24) is 35.7 Å². The maximum atomic E-state index is 14.3. The number of para-hydroxylation sites is 1. The predicted octanol–water partition coefficient (Wildman–Crippen LogP) is 4.21. The van der Waals surface area contributed by atoms with Crippen molar-refractivity contribution >= 4 is 34.7 Å². The van der Waals surface area contributed by atoms with Gasteiger partial charge in [0.25, 0.3) is 5.09 Å². The highest BCUT2D eigenvalue weighted by atomic mass is 16.9. The van der Waals surface area contributed by atoms with Crippen LogP contribution in [-0.4, -0.2) is 87.7 Å². The summed E-state index contributed by atoms with van der Waals surface area (Å²) >= 11 is 0. The fraction of sp³-hybridized carbons (Fsp3) is 0.564. The van der Waals surface area contributed by atoms with Crippen molar-refractivity contribution < 1.29 is 29.1 Å². The zero-order valence-electron chi connectivity index (χ0n) is 31.8. The SMILES string of the molecule is CC(C)CC(NC(=O)N1CCCCCC1)C(=O)NC(Cc1cn(C)c2ccccc12)C(=O)NC(Cc1ccccn1)C(=O)NCCCCCCO[N+](=O)[O-]. The van der Waals surface area contributed by atoms with E-state index in [1.807, 2.05) is 55.9 Å². The molecule has 2 aromatic heterocycles. The van der Waals surface area contributed by atoms with Gasteiger partial charge in [-0.25, -0.2) is 4.79 Å². The number of nitrogens with zero attached hydrogens (tertiary/aromatic N) is 4. The van der Waals surface area contributed by atoms with Crippen LogP contribution in [0.4, 0.5) is 4.79 Å². The van der Waals surface area contributed by atoms with E-state index < -0.39 is 40.9 Å². The monoisotopic (exact) mass is 748 g/mol. The van der Waals surface area contributed by atoms with Crippen molar-refractivity contribution in [3.05, 3.63) is 76.2 Å². The second-order valence-corrected chi connectivity index (χ2v) is 14.4. The average Bonchev–Trinajstić information content (AvgIpc) is 3.28. The summed E-state index contributed by atoms with van der Waals surface area (Å²) in [5.74, 6) is -1.33. The first kappa shape index (κ1) is 41.5. The van der Waals surface area contributed by atoms with Crippen molar-refractivity contribution in [2.45, 2.75) is 103 Å². The predicted molar refractivity (Wildman–Crippen MR) is 205 cm³/mol. The number of carbonyl (C=O) groups is 4. The Kier molecular flexibility index (Phi) is 16.5. The molecule has 3 unspecified atom stereocenters. The highest BCUT2D eigenvalue weighted by molar-refractivity contribution is 5.95. The quantitative estimate of drug-likeness (QED) is 0.0751. The number of hydrogen-bond acceptors (Lipinski definition) is 8. The summed E-state index contributed by atoms with van der Waals surface area (Å²) in [5.41, 5.74) is 2.42. The second kappa shape index (κ2) is 21.5. The van der Waals surface area contributed by atoms with Gasteiger partial charge in [0.05, 0.1) is 6.61 Å². The fourth-order valence-electron chi connectivity index (χ4n) is 6.77. The maximum absolute atomic E-state index is 14.3. The topological polar surface area (TPSA) is 190 Å². The van der Waals surface area contributed by atoms with E-state index >= 15 is 0 Å². The van der Waals surface area contributed by atoms with Gasteiger partial charge in [-0.05, 0) is 61.8 Å². The van der Waals surface area contributed by atoms with Crippen LogP contribution in [0.15, 0.2) is 54.9 Å². The van der Waals surface area contributed by atoms with Gasteiger partial charge in [0.2, 0.25) is 17.7 Å². The Labute approximate surface area is 317 Å². The van der Waals surface area contributed by atoms with E-state index in [9.17, 15) is 29.3 Å². The molecule has 1 fully saturated rings. The lowest BCUT2D eigenvalue weighted by Crippen LogP contribution is -2.58. The van der Waals surface area contributed by atoms with E-state index in [2.05, 4.69) is 31.1 Å². The number of rotatable bonds is 20. The first-order valence-corrected chi connectivity index (χ1v) is 19.2. The number of amides is 5. The molecule has 0 bridgehead atoms. The van der Waals surface area contributed by atoms with Crippen molar-refractivity contribution in [2.75, 3.05) is 26.2 Å². The first-order chi connectivity index (χ1) is 26.0. The third kappa shape index (κ3) is 13.3. The molecule has 3 atom stereocenters. The van der Waals surface area contributed by atoms with Gasteiger partial charge in [-0.2, -0.15) is 0 Å². The molecular formula is C39H56N8O7. The van der Waals surface area contributed by atoms with Crippen LogP contribution < -0.4 is 21.3 Å². The molecule has 0 spiro atoms. The molecule has 1 aliphatic heterocycles. The lowest BCUT2D eigenvalue weighted by Gasteiger charge is -2.28. The molecule has 4 N–H and O–H groups in total. The molecule has 0 saturated carbocycles. The summed E-state index contributed by atoms with van der Waals surface area (Å²) in [5, 5.41) is 22.2. The first-order valence-electron chi connectivity index (χ1n) is 19.2. The van der Waals surface area contributed by atoms with E-state index in [-0.39, 0.29) is 31.4 Å². The fourth-order valence-corrected chi connectivity index (χ4v) is 6.77. The maximum Gasteiger partial charge on any atom is 0.318 e. The largest absolute Gasteiger partial charge is 0.354 e. The molecule has 294 valence electrons. The molecule has 15 heteroatoms. The Morgan fingerprint density at radius 3 is 2.19 bits per heavy atom. The van der Waals surface area contributed by atoms with Crippen LogP contribution in [0, 0.1) is 16.0 Å². The van der Waals surface area contributed by atoms with Crippen LogP contribution in [-0.2, 0) is 39.1 Å². The van der Waals surface area contributed by atoms with Crippen LogP contribution in [0.5, 0.6) is 0 Å². The van der Waals surface area contributed by atoms with Crippen LogP contribution in [0.2, 0.25) is 0 Å². The molecule has 0 radical (unpaired) electrons. The number of unbranched alkanes of at least 4 members (excludes halogenated alkanes) is 3. The number of aryl methyl sites for hydroxylation is 1. The van der Waals surface area contributed by atoms with Gasteiger partial charge in [-0.3, -0.25) is 19.4 Å². The van der Waals surface area contributed by atoms with E-state index in [0.717, 1.165) is 48.6 Å². The molecule has 4 rings (SSSR count). The highest BCUT2D eigenvalue weighted by Gasteiger charge is 2.32. The lowest BCUT2D eigenvalue weighted by atomic mass is 10.0. The van der Waals surface area contributed by atoms with Gasteiger partial charge in [-0.1, -0.05) is 63.8 Å². The molecule has 54 heavy (non-hydrogen) atoms. The Hall–Kier alpha value is -5.21. The number of carbonyl (C=O) groups excluding carboxylic acids is 4. The van der Waals surface area contributed by atoms with E-state index in [4.69, 9.17) is 0 Å². The van der Waals surface area contributed by atoms with Crippen molar-refractivity contribution in [3.8, 4) is 0 Å². The molecule has 5 amide bonds. The number of likely N-dealkylation sites (tertiary alicyclic amines) is 1. The number of pyridine rings is 1. The highest BCUT2D eigenvalue weighted by Crippen LogP contribution is 2.22. The normalized spacial score (nSPS) is 14.8. The summed E-state index contributed by atoms with van der Waals surface area (Å²) in [6.45, 7) is 5.58. The zero-order chi connectivity index (χ0) is 38.9. The Morgan fingerprint density at radius 2 is 1.50 bits per heavy atom. The molecule has 1 saturated heterocycles. The Bertz CT molecular complexity index is 1670. The van der Waals surface area contributed by atoms with Gasteiger partial charge in [0, 0.05) is 68.5 Å². The molecule has 15 nitrogen and oxygen atoms in total. The van der Waals surface area contributed by atoms with Gasteiger partial charge in [0.15, 0.2) is 0 Å². The van der Waals surface area contributed by atoms with Crippen LogP contribution in [0.1, 0.15) is 82.9 Å². The molecule has 1 aliphatic rings. The molecular weight excluding hydrogens is 692 g/mol. The van der Waals surface area contributed by atoms with Crippen LogP contribution >= 0.6 is 0 Å². The third-order valence-corrected chi connectivity index (χ3v) is 9.59. The van der Waals surface area contributed by atoms with Crippen LogP contribution in [0.25, 0.3) is 10.9 Å². The number of nitrogens with one attached hydrogen (secondary N) is 4. The minimum Gasteiger partial charge on any atom is -0.354 e. The number of fused-ring (bicyclic) bond motifs is 1. The van der Waals surface area contributed by atoms with Crippen molar-refractivity contribution in [1.29, 1.82) is 0 Å². The number of hydrogen-bond donors (Lipinski definition) is 4. The van der Waals surface area contributed by atoms with Gasteiger partial charge < -0.3 is 35.6 Å². The molecule has 3 heterocycles. The summed E-state index contributed by atoms with van der Waals surface area (Å²) in [6, 6.07) is 9.93. The number of benzene rings is 1. The summed E-state index contributed by atoms with van der Waals surface area (Å²) in [4.78, 5) is 76.2. The third-order valence-electron chi connectivity index (χ3n) is 9.59. The van der Waals surface area contributed by atoms with Gasteiger partial charge >= 0.3 is 6.03 Å². The zero-order valence-corrected chi connectivity index (χ0v) is 31.8. The van der Waals surface area contributed by atoms with E-state index in [0.29, 0.717) is 51.0 Å². The summed E-state index contributed by atoms with van der Waals surface area (Å²) < 4.78 is 1.97.